The maximum absolute atomic E-state index is 13.2. The monoisotopic (exact) mass is 528 g/mol. The summed E-state index contributed by atoms with van der Waals surface area (Å²) in [6, 6.07) is 27.1. The molecule has 204 valence electrons. The summed E-state index contributed by atoms with van der Waals surface area (Å²) in [4.78, 5) is 42.5. The van der Waals surface area contributed by atoms with E-state index in [0.717, 1.165) is 11.1 Å². The van der Waals surface area contributed by atoms with E-state index in [1.54, 1.807) is 29.2 Å². The highest BCUT2D eigenvalue weighted by Crippen LogP contribution is 2.35. The molecule has 0 saturated carbocycles. The van der Waals surface area contributed by atoms with Crippen LogP contribution in [-0.2, 0) is 4.74 Å². The van der Waals surface area contributed by atoms with Gasteiger partial charge in [0.1, 0.15) is 5.60 Å². The highest BCUT2D eigenvalue weighted by Gasteiger charge is 2.35. The van der Waals surface area contributed by atoms with Gasteiger partial charge in [-0.25, -0.2) is 9.59 Å². The second-order valence-electron chi connectivity index (χ2n) is 10.5. The molecule has 3 aromatic carbocycles. The standard InChI is InChI=1S/C31H36N4O4/c1-31(2,3)39-30(38)35-21-19-34(20-22-35)27(24-15-9-5-10-16-24)26(23-13-7-4-8-14-23)32-29(37)33-28(36)25-17-11-6-12-18-25/h4-18,26-27H,19-22H2,1-3H3,(H2,32,33,36,37)/t26-,27+/m1/s1. The Morgan fingerprint density at radius 3 is 1.79 bits per heavy atom. The Hall–Kier alpha value is -4.17. The molecule has 3 aromatic rings. The number of hydrogen-bond donors (Lipinski definition) is 2. The molecular weight excluding hydrogens is 492 g/mol. The molecule has 1 heterocycles. The van der Waals surface area contributed by atoms with Crippen LogP contribution in [0.1, 0.15) is 54.3 Å². The molecule has 2 N–H and O–H groups in total. The number of imide groups is 1. The fraction of sp³-hybridized carbons (Fsp3) is 0.323. The number of nitrogens with one attached hydrogen (secondary N) is 2. The van der Waals surface area contributed by atoms with Crippen molar-refractivity contribution in [2.75, 3.05) is 26.2 Å². The lowest BCUT2D eigenvalue weighted by Crippen LogP contribution is -2.53. The number of urea groups is 1. The van der Waals surface area contributed by atoms with Crippen LogP contribution in [0.5, 0.6) is 0 Å². The third kappa shape index (κ3) is 7.67. The summed E-state index contributed by atoms with van der Waals surface area (Å²) in [6.45, 7) is 7.75. The minimum Gasteiger partial charge on any atom is -0.444 e. The molecule has 1 aliphatic rings. The third-order valence-electron chi connectivity index (χ3n) is 6.52. The number of hydrogen-bond acceptors (Lipinski definition) is 5. The SMILES string of the molecule is CC(C)(C)OC(=O)N1CCN([C@@H](c2ccccc2)[C@H](NC(=O)NC(=O)c2ccccc2)c2ccccc2)CC1. The summed E-state index contributed by atoms with van der Waals surface area (Å²) < 4.78 is 5.57. The normalized spacial score (nSPS) is 15.6. The molecule has 0 unspecified atom stereocenters. The van der Waals surface area contributed by atoms with Gasteiger partial charge < -0.3 is 15.0 Å². The van der Waals surface area contributed by atoms with E-state index < -0.39 is 23.6 Å². The van der Waals surface area contributed by atoms with Gasteiger partial charge in [-0.3, -0.25) is 15.0 Å². The number of benzene rings is 3. The predicted octanol–water partition coefficient (Wildman–Crippen LogP) is 5.16. The Labute approximate surface area is 230 Å². The lowest BCUT2D eigenvalue weighted by atomic mass is 9.91. The van der Waals surface area contributed by atoms with Crippen molar-refractivity contribution in [2.45, 2.75) is 38.5 Å². The molecule has 39 heavy (non-hydrogen) atoms. The lowest BCUT2D eigenvalue weighted by Gasteiger charge is -2.43. The number of nitrogens with zero attached hydrogens (tertiary/aromatic N) is 2. The molecule has 1 saturated heterocycles. The number of ether oxygens (including phenoxy) is 1. The van der Waals surface area contributed by atoms with E-state index in [2.05, 4.69) is 15.5 Å². The zero-order chi connectivity index (χ0) is 27.8. The van der Waals surface area contributed by atoms with E-state index >= 15 is 0 Å². The molecule has 0 bridgehead atoms. The van der Waals surface area contributed by atoms with Crippen molar-refractivity contribution in [3.63, 3.8) is 0 Å². The van der Waals surface area contributed by atoms with Crippen LogP contribution in [0.15, 0.2) is 91.0 Å². The van der Waals surface area contributed by atoms with E-state index in [0.29, 0.717) is 31.7 Å². The van der Waals surface area contributed by atoms with Crippen LogP contribution < -0.4 is 10.6 Å². The first kappa shape index (κ1) is 27.9. The average Bonchev–Trinajstić information content (AvgIpc) is 2.93. The van der Waals surface area contributed by atoms with Crippen LogP contribution in [0.2, 0.25) is 0 Å². The molecule has 0 aliphatic carbocycles. The van der Waals surface area contributed by atoms with Crippen molar-refractivity contribution in [2.24, 2.45) is 0 Å². The molecule has 1 aliphatic heterocycles. The summed E-state index contributed by atoms with van der Waals surface area (Å²) >= 11 is 0. The Bertz CT molecular complexity index is 1240. The van der Waals surface area contributed by atoms with E-state index in [4.69, 9.17) is 4.74 Å². The lowest BCUT2D eigenvalue weighted by molar-refractivity contribution is 0.00815. The van der Waals surface area contributed by atoms with Gasteiger partial charge in [0.15, 0.2) is 0 Å². The molecule has 1 fully saturated rings. The van der Waals surface area contributed by atoms with Crippen LogP contribution >= 0.6 is 0 Å². The van der Waals surface area contributed by atoms with Crippen molar-refractivity contribution in [1.82, 2.24) is 20.4 Å². The minimum absolute atomic E-state index is 0.244. The Kier molecular flexibility index (Phi) is 8.99. The van der Waals surface area contributed by atoms with Crippen LogP contribution in [0.4, 0.5) is 9.59 Å². The van der Waals surface area contributed by atoms with Gasteiger partial charge in [-0.15, -0.1) is 0 Å². The molecule has 0 spiro atoms. The topological polar surface area (TPSA) is 91.0 Å². The molecule has 8 heteroatoms. The molecule has 0 aromatic heterocycles. The second kappa shape index (κ2) is 12.6. The Morgan fingerprint density at radius 1 is 0.744 bits per heavy atom. The highest BCUT2D eigenvalue weighted by atomic mass is 16.6. The van der Waals surface area contributed by atoms with Gasteiger partial charge in [-0.1, -0.05) is 78.9 Å². The molecule has 2 atom stereocenters. The maximum Gasteiger partial charge on any atom is 0.410 e. The maximum atomic E-state index is 13.2. The van der Waals surface area contributed by atoms with Crippen LogP contribution in [0, 0.1) is 0 Å². The zero-order valence-electron chi connectivity index (χ0n) is 22.7. The van der Waals surface area contributed by atoms with E-state index in [1.807, 2.05) is 87.5 Å². The van der Waals surface area contributed by atoms with Crippen LogP contribution in [0.3, 0.4) is 0 Å². The van der Waals surface area contributed by atoms with Crippen molar-refractivity contribution < 1.29 is 19.1 Å². The van der Waals surface area contributed by atoms with Crippen molar-refractivity contribution in [1.29, 1.82) is 0 Å². The van der Waals surface area contributed by atoms with Gasteiger partial charge in [0.2, 0.25) is 0 Å². The number of carbonyl (C=O) groups is 3. The van der Waals surface area contributed by atoms with E-state index in [9.17, 15) is 14.4 Å². The molecule has 4 amide bonds. The van der Waals surface area contributed by atoms with Crippen molar-refractivity contribution >= 4 is 18.0 Å². The third-order valence-corrected chi connectivity index (χ3v) is 6.52. The largest absolute Gasteiger partial charge is 0.444 e. The molecule has 4 rings (SSSR count). The molecule has 8 nitrogen and oxygen atoms in total. The first-order valence-electron chi connectivity index (χ1n) is 13.2. The number of rotatable bonds is 6. The second-order valence-corrected chi connectivity index (χ2v) is 10.5. The van der Waals surface area contributed by atoms with Gasteiger partial charge in [-0.05, 0) is 44.0 Å². The molecule has 0 radical (unpaired) electrons. The number of piperazine rings is 1. The van der Waals surface area contributed by atoms with Crippen molar-refractivity contribution in [3.8, 4) is 0 Å². The van der Waals surface area contributed by atoms with E-state index in [-0.39, 0.29) is 12.1 Å². The summed E-state index contributed by atoms with van der Waals surface area (Å²) in [5.74, 6) is -0.470. The fourth-order valence-electron chi connectivity index (χ4n) is 4.72. The summed E-state index contributed by atoms with van der Waals surface area (Å²) in [6.07, 6.45) is -0.324. The van der Waals surface area contributed by atoms with Gasteiger partial charge in [0.05, 0.1) is 12.1 Å². The summed E-state index contributed by atoms with van der Waals surface area (Å²) in [5, 5.41) is 5.55. The molecular formula is C31H36N4O4. The minimum atomic E-state index is -0.578. The Morgan fingerprint density at radius 2 is 1.26 bits per heavy atom. The predicted molar refractivity (Wildman–Crippen MR) is 150 cm³/mol. The summed E-state index contributed by atoms with van der Waals surface area (Å²) in [7, 11) is 0. The quantitative estimate of drug-likeness (QED) is 0.461. The van der Waals surface area contributed by atoms with Gasteiger partial charge >= 0.3 is 12.1 Å². The summed E-state index contributed by atoms with van der Waals surface area (Å²) in [5.41, 5.74) is 1.77. The number of amides is 4. The van der Waals surface area contributed by atoms with Gasteiger partial charge in [0.25, 0.3) is 5.91 Å². The smallest absolute Gasteiger partial charge is 0.410 e. The van der Waals surface area contributed by atoms with Crippen LogP contribution in [0.25, 0.3) is 0 Å². The van der Waals surface area contributed by atoms with Gasteiger partial charge in [-0.2, -0.15) is 0 Å². The first-order chi connectivity index (χ1) is 18.7. The van der Waals surface area contributed by atoms with Crippen molar-refractivity contribution in [3.05, 3.63) is 108 Å². The average molecular weight is 529 g/mol. The fourth-order valence-corrected chi connectivity index (χ4v) is 4.72. The first-order valence-corrected chi connectivity index (χ1v) is 13.2. The highest BCUT2D eigenvalue weighted by molar-refractivity contribution is 6.04. The van der Waals surface area contributed by atoms with Gasteiger partial charge in [0, 0.05) is 31.7 Å². The zero-order valence-corrected chi connectivity index (χ0v) is 22.7. The Balaban J connectivity index is 1.58. The van der Waals surface area contributed by atoms with E-state index in [1.165, 1.54) is 0 Å². The van der Waals surface area contributed by atoms with Crippen LogP contribution in [-0.4, -0.2) is 59.6 Å². The number of carbonyl (C=O) groups excluding carboxylic acids is 3.